The molecule has 12 heavy (non-hydrogen) atoms. The van der Waals surface area contributed by atoms with Crippen LogP contribution in [0.3, 0.4) is 0 Å². The zero-order valence-electron chi connectivity index (χ0n) is 7.85. The number of nitrogens with zero attached hydrogens (tertiary/aromatic N) is 1. The van der Waals surface area contributed by atoms with Crippen molar-refractivity contribution in [2.75, 3.05) is 13.1 Å². The van der Waals surface area contributed by atoms with Crippen LogP contribution in [0, 0.1) is 0 Å². The van der Waals surface area contributed by atoms with Gasteiger partial charge in [0, 0.05) is 18.6 Å². The SMILES string of the molecule is CCCC[C@]12CCN1C[C@H](F)C2. The molecule has 1 nitrogen and oxygen atoms in total. The lowest BCUT2D eigenvalue weighted by atomic mass is 9.80. The Morgan fingerprint density at radius 2 is 2.42 bits per heavy atom. The van der Waals surface area contributed by atoms with Gasteiger partial charge < -0.3 is 0 Å². The maximum Gasteiger partial charge on any atom is 0.115 e. The Morgan fingerprint density at radius 3 is 2.92 bits per heavy atom. The van der Waals surface area contributed by atoms with Gasteiger partial charge in [-0.2, -0.15) is 0 Å². The topological polar surface area (TPSA) is 3.24 Å². The molecule has 0 N–H and O–H groups in total. The molecule has 2 rings (SSSR count). The highest BCUT2D eigenvalue weighted by Gasteiger charge is 2.50. The Bertz CT molecular complexity index is 171. The lowest BCUT2D eigenvalue weighted by Gasteiger charge is -2.48. The van der Waals surface area contributed by atoms with Crippen LogP contribution in [0.15, 0.2) is 0 Å². The Morgan fingerprint density at radius 1 is 1.58 bits per heavy atom. The second kappa shape index (κ2) is 2.99. The summed E-state index contributed by atoms with van der Waals surface area (Å²) in [7, 11) is 0. The molecule has 0 radical (unpaired) electrons. The summed E-state index contributed by atoms with van der Waals surface area (Å²) in [5.74, 6) is 0. The third-order valence-corrected chi connectivity index (χ3v) is 3.53. The molecular weight excluding hydrogens is 153 g/mol. The molecule has 0 aromatic carbocycles. The predicted molar refractivity (Wildman–Crippen MR) is 48.0 cm³/mol. The molecule has 2 aliphatic heterocycles. The first kappa shape index (κ1) is 8.49. The highest BCUT2D eigenvalue weighted by molar-refractivity contribution is 5.06. The van der Waals surface area contributed by atoms with Crippen molar-refractivity contribution in [3.8, 4) is 0 Å². The molecule has 0 amide bonds. The minimum Gasteiger partial charge on any atom is -0.295 e. The van der Waals surface area contributed by atoms with Gasteiger partial charge in [0.25, 0.3) is 0 Å². The van der Waals surface area contributed by atoms with Gasteiger partial charge in [-0.3, -0.25) is 4.90 Å². The average Bonchev–Trinajstić information content (AvgIpc) is 2.25. The van der Waals surface area contributed by atoms with Crippen molar-refractivity contribution in [3.63, 3.8) is 0 Å². The van der Waals surface area contributed by atoms with E-state index in [0.29, 0.717) is 12.1 Å². The molecule has 2 aliphatic rings. The molecule has 2 atom stereocenters. The van der Waals surface area contributed by atoms with Crippen LogP contribution in [-0.2, 0) is 0 Å². The zero-order valence-corrected chi connectivity index (χ0v) is 7.85. The maximum atomic E-state index is 13.1. The Labute approximate surface area is 73.9 Å². The summed E-state index contributed by atoms with van der Waals surface area (Å²) in [4.78, 5) is 2.35. The summed E-state index contributed by atoms with van der Waals surface area (Å²) in [5.41, 5.74) is 0.315. The van der Waals surface area contributed by atoms with E-state index in [0.717, 1.165) is 13.0 Å². The third-order valence-electron chi connectivity index (χ3n) is 3.53. The summed E-state index contributed by atoms with van der Waals surface area (Å²) >= 11 is 0. The van der Waals surface area contributed by atoms with Crippen LogP contribution in [0.1, 0.15) is 39.0 Å². The van der Waals surface area contributed by atoms with Crippen molar-refractivity contribution >= 4 is 0 Å². The number of hydrogen-bond donors (Lipinski definition) is 0. The average molecular weight is 171 g/mol. The van der Waals surface area contributed by atoms with Gasteiger partial charge in [-0.1, -0.05) is 19.8 Å². The van der Waals surface area contributed by atoms with Gasteiger partial charge in [-0.25, -0.2) is 4.39 Å². The van der Waals surface area contributed by atoms with Crippen molar-refractivity contribution in [2.45, 2.75) is 50.7 Å². The van der Waals surface area contributed by atoms with E-state index < -0.39 is 6.17 Å². The standard InChI is InChI=1S/C10H18FN/c1-2-3-4-10-5-6-12(10)8-9(11)7-10/h9H,2-8H2,1H3/t9-,10-/m1/s1. The fourth-order valence-corrected chi connectivity index (χ4v) is 2.71. The van der Waals surface area contributed by atoms with Crippen LogP contribution >= 0.6 is 0 Å². The minimum absolute atomic E-state index is 0.315. The highest BCUT2D eigenvalue weighted by atomic mass is 19.1. The Hall–Kier alpha value is -0.110. The van der Waals surface area contributed by atoms with E-state index in [9.17, 15) is 4.39 Å². The molecule has 0 aliphatic carbocycles. The van der Waals surface area contributed by atoms with E-state index in [-0.39, 0.29) is 0 Å². The minimum atomic E-state index is -0.538. The first-order valence-corrected chi connectivity index (χ1v) is 5.16. The van der Waals surface area contributed by atoms with E-state index >= 15 is 0 Å². The van der Waals surface area contributed by atoms with E-state index in [1.165, 1.54) is 25.7 Å². The zero-order chi connectivity index (χ0) is 8.60. The molecule has 0 saturated carbocycles. The molecule has 2 heterocycles. The largest absolute Gasteiger partial charge is 0.295 e. The van der Waals surface area contributed by atoms with E-state index in [2.05, 4.69) is 11.8 Å². The third kappa shape index (κ3) is 1.17. The van der Waals surface area contributed by atoms with Crippen LogP contribution in [0.4, 0.5) is 4.39 Å². The molecule has 2 heteroatoms. The first-order chi connectivity index (χ1) is 5.77. The number of hydrogen-bond acceptors (Lipinski definition) is 1. The summed E-state index contributed by atoms with van der Waals surface area (Å²) in [6.07, 6.45) is 5.25. The molecule has 0 bridgehead atoms. The van der Waals surface area contributed by atoms with Crippen LogP contribution in [0.25, 0.3) is 0 Å². The van der Waals surface area contributed by atoms with Crippen molar-refractivity contribution in [1.29, 1.82) is 0 Å². The molecule has 0 unspecified atom stereocenters. The lowest BCUT2D eigenvalue weighted by Crippen LogP contribution is -2.55. The van der Waals surface area contributed by atoms with Gasteiger partial charge in [0.05, 0.1) is 0 Å². The number of halogens is 1. The summed E-state index contributed by atoms with van der Waals surface area (Å²) in [6.45, 7) is 4.06. The molecule has 0 spiro atoms. The molecule has 0 aromatic heterocycles. The van der Waals surface area contributed by atoms with Crippen molar-refractivity contribution < 1.29 is 4.39 Å². The summed E-state index contributed by atoms with van der Waals surface area (Å²) in [6, 6.07) is 0. The number of fused-ring (bicyclic) bond motifs is 1. The fraction of sp³-hybridized carbons (Fsp3) is 1.00. The van der Waals surface area contributed by atoms with Gasteiger partial charge in [0.1, 0.15) is 6.17 Å². The smallest absolute Gasteiger partial charge is 0.115 e. The maximum absolute atomic E-state index is 13.1. The van der Waals surface area contributed by atoms with Crippen LogP contribution in [0.5, 0.6) is 0 Å². The van der Waals surface area contributed by atoms with Gasteiger partial charge in [-0.15, -0.1) is 0 Å². The van der Waals surface area contributed by atoms with Crippen molar-refractivity contribution in [1.82, 2.24) is 4.90 Å². The second-order valence-electron chi connectivity index (χ2n) is 4.33. The van der Waals surface area contributed by atoms with Gasteiger partial charge in [0.2, 0.25) is 0 Å². The highest BCUT2D eigenvalue weighted by Crippen LogP contribution is 2.44. The van der Waals surface area contributed by atoms with E-state index in [4.69, 9.17) is 0 Å². The van der Waals surface area contributed by atoms with Crippen LogP contribution in [0.2, 0.25) is 0 Å². The van der Waals surface area contributed by atoms with Gasteiger partial charge in [0.15, 0.2) is 0 Å². The molecule has 2 saturated heterocycles. The first-order valence-electron chi connectivity index (χ1n) is 5.16. The summed E-state index contributed by atoms with van der Waals surface area (Å²) < 4.78 is 13.1. The number of unbranched alkanes of at least 4 members (excludes halogenated alkanes) is 1. The lowest BCUT2D eigenvalue weighted by molar-refractivity contribution is 0.0184. The normalized spacial score (nSPS) is 41.0. The Kier molecular flexibility index (Phi) is 2.11. The monoisotopic (exact) mass is 171 g/mol. The predicted octanol–water partition coefficient (Wildman–Crippen LogP) is 2.36. The summed E-state index contributed by atoms with van der Waals surface area (Å²) in [5, 5.41) is 0. The second-order valence-corrected chi connectivity index (χ2v) is 4.33. The molecule has 0 aromatic rings. The molecule has 2 fully saturated rings. The van der Waals surface area contributed by atoms with Crippen molar-refractivity contribution in [3.05, 3.63) is 0 Å². The fourth-order valence-electron chi connectivity index (χ4n) is 2.71. The number of alkyl halides is 1. The van der Waals surface area contributed by atoms with E-state index in [1.54, 1.807) is 0 Å². The van der Waals surface area contributed by atoms with Crippen molar-refractivity contribution in [2.24, 2.45) is 0 Å². The molecular formula is C10H18FN. The van der Waals surface area contributed by atoms with E-state index in [1.807, 2.05) is 0 Å². The van der Waals surface area contributed by atoms with Gasteiger partial charge >= 0.3 is 0 Å². The quantitative estimate of drug-likeness (QED) is 0.630. The van der Waals surface area contributed by atoms with Crippen LogP contribution in [-0.4, -0.2) is 29.7 Å². The molecule has 70 valence electrons. The van der Waals surface area contributed by atoms with Gasteiger partial charge in [-0.05, 0) is 19.3 Å². The van der Waals surface area contributed by atoms with Crippen LogP contribution < -0.4 is 0 Å². The Balaban J connectivity index is 1.92. The number of rotatable bonds is 3.